The molecule has 2 aromatic heterocycles. The molecule has 0 fully saturated rings. The van der Waals surface area contributed by atoms with Crippen LogP contribution in [0.2, 0.25) is 0 Å². The highest BCUT2D eigenvalue weighted by molar-refractivity contribution is 5.41. The molecule has 5 nitrogen and oxygen atoms in total. The summed E-state index contributed by atoms with van der Waals surface area (Å²) in [7, 11) is 1.59. The van der Waals surface area contributed by atoms with Crippen LogP contribution in [0.5, 0.6) is 5.88 Å². The molecule has 2 heterocycles. The molecule has 5 heteroatoms. The average molecular weight is 244 g/mol. The fraction of sp³-hybridized carbons (Fsp3) is 0.231. The van der Waals surface area contributed by atoms with Crippen molar-refractivity contribution in [2.45, 2.75) is 12.5 Å². The molecule has 2 aromatic rings. The Labute approximate surface area is 106 Å². The predicted molar refractivity (Wildman–Crippen MR) is 70.1 cm³/mol. The summed E-state index contributed by atoms with van der Waals surface area (Å²) in [5.74, 6) is 1.07. The molecular weight excluding hydrogens is 228 g/mol. The van der Waals surface area contributed by atoms with E-state index in [4.69, 9.17) is 16.2 Å². The normalized spacial score (nSPS) is 12.1. The second-order valence-electron chi connectivity index (χ2n) is 4.00. The van der Waals surface area contributed by atoms with Crippen molar-refractivity contribution >= 4 is 5.82 Å². The van der Waals surface area contributed by atoms with Crippen molar-refractivity contribution in [1.82, 2.24) is 9.97 Å². The molecule has 0 aliphatic rings. The number of pyridine rings is 2. The lowest BCUT2D eigenvalue weighted by Crippen LogP contribution is -2.15. The molecular formula is C13H16N4O. The number of aromatic nitrogens is 2. The molecule has 0 bridgehead atoms. The Morgan fingerprint density at radius 3 is 2.72 bits per heavy atom. The van der Waals surface area contributed by atoms with Gasteiger partial charge < -0.3 is 16.2 Å². The first-order valence-corrected chi connectivity index (χ1v) is 5.65. The van der Waals surface area contributed by atoms with E-state index in [0.29, 0.717) is 18.1 Å². The number of nitrogen functional groups attached to an aromatic ring is 1. The smallest absolute Gasteiger partial charge is 0.212 e. The largest absolute Gasteiger partial charge is 0.481 e. The van der Waals surface area contributed by atoms with Gasteiger partial charge in [-0.3, -0.25) is 0 Å². The summed E-state index contributed by atoms with van der Waals surface area (Å²) in [6, 6.07) is 7.29. The third kappa shape index (κ3) is 2.75. The molecule has 0 saturated carbocycles. The molecule has 4 N–H and O–H groups in total. The van der Waals surface area contributed by atoms with Gasteiger partial charge in [0.1, 0.15) is 5.82 Å². The van der Waals surface area contributed by atoms with E-state index >= 15 is 0 Å². The number of rotatable bonds is 4. The number of nitrogens with two attached hydrogens (primary N) is 2. The Kier molecular flexibility index (Phi) is 3.74. The second kappa shape index (κ2) is 5.46. The van der Waals surface area contributed by atoms with Crippen LogP contribution in [0.4, 0.5) is 5.82 Å². The zero-order chi connectivity index (χ0) is 13.0. The number of hydrogen-bond acceptors (Lipinski definition) is 5. The highest BCUT2D eigenvalue weighted by atomic mass is 16.5. The molecule has 0 aromatic carbocycles. The van der Waals surface area contributed by atoms with Gasteiger partial charge in [0.25, 0.3) is 0 Å². The van der Waals surface area contributed by atoms with Gasteiger partial charge in [0, 0.05) is 30.1 Å². The van der Waals surface area contributed by atoms with E-state index in [1.807, 2.05) is 24.3 Å². The number of hydrogen-bond donors (Lipinski definition) is 2. The fourth-order valence-corrected chi connectivity index (χ4v) is 1.76. The number of methoxy groups -OCH3 is 1. The van der Waals surface area contributed by atoms with Crippen molar-refractivity contribution in [3.8, 4) is 5.88 Å². The maximum Gasteiger partial charge on any atom is 0.212 e. The van der Waals surface area contributed by atoms with Gasteiger partial charge in [0.05, 0.1) is 7.11 Å². The summed E-state index contributed by atoms with van der Waals surface area (Å²) in [4.78, 5) is 8.17. The van der Waals surface area contributed by atoms with Crippen LogP contribution >= 0.6 is 0 Å². The van der Waals surface area contributed by atoms with Crippen LogP contribution in [-0.2, 0) is 6.42 Å². The fourth-order valence-electron chi connectivity index (χ4n) is 1.76. The lowest BCUT2D eigenvalue weighted by molar-refractivity contribution is 0.397. The number of ether oxygens (including phenoxy) is 1. The standard InChI is InChI=1S/C13H16N4O/c1-18-12-5-4-9(8-17-12)7-11(14)10-3-2-6-16-13(10)15/h2-6,8,11H,7,14H2,1H3,(H2,15,16). The summed E-state index contributed by atoms with van der Waals surface area (Å²) in [5.41, 5.74) is 13.8. The molecule has 0 amide bonds. The van der Waals surface area contributed by atoms with Crippen molar-refractivity contribution in [1.29, 1.82) is 0 Å². The summed E-state index contributed by atoms with van der Waals surface area (Å²) < 4.78 is 5.01. The third-order valence-corrected chi connectivity index (χ3v) is 2.73. The molecule has 1 atom stereocenters. The van der Waals surface area contributed by atoms with E-state index in [-0.39, 0.29) is 6.04 Å². The number of nitrogens with zero attached hydrogens (tertiary/aromatic N) is 2. The minimum absolute atomic E-state index is 0.186. The van der Waals surface area contributed by atoms with E-state index in [1.165, 1.54) is 0 Å². The molecule has 1 unspecified atom stereocenters. The van der Waals surface area contributed by atoms with Crippen molar-refractivity contribution in [3.63, 3.8) is 0 Å². The van der Waals surface area contributed by atoms with Gasteiger partial charge >= 0.3 is 0 Å². The Morgan fingerprint density at radius 2 is 2.11 bits per heavy atom. The van der Waals surface area contributed by atoms with E-state index in [1.54, 1.807) is 19.5 Å². The van der Waals surface area contributed by atoms with Gasteiger partial charge in [-0.1, -0.05) is 12.1 Å². The molecule has 0 aliphatic carbocycles. The van der Waals surface area contributed by atoms with Crippen molar-refractivity contribution in [3.05, 3.63) is 47.8 Å². The molecule has 0 saturated heterocycles. The van der Waals surface area contributed by atoms with Crippen LogP contribution in [0.25, 0.3) is 0 Å². The first-order valence-electron chi connectivity index (χ1n) is 5.65. The summed E-state index contributed by atoms with van der Waals surface area (Å²) in [6.45, 7) is 0. The van der Waals surface area contributed by atoms with Crippen LogP contribution in [0.3, 0.4) is 0 Å². The molecule has 94 valence electrons. The minimum Gasteiger partial charge on any atom is -0.481 e. The maximum atomic E-state index is 6.12. The van der Waals surface area contributed by atoms with Gasteiger partial charge in [0.15, 0.2) is 0 Å². The minimum atomic E-state index is -0.186. The summed E-state index contributed by atoms with van der Waals surface area (Å²) >= 11 is 0. The third-order valence-electron chi connectivity index (χ3n) is 2.73. The van der Waals surface area contributed by atoms with Crippen LogP contribution in [0, 0.1) is 0 Å². The van der Waals surface area contributed by atoms with E-state index < -0.39 is 0 Å². The quantitative estimate of drug-likeness (QED) is 0.846. The molecule has 0 aliphatic heterocycles. The van der Waals surface area contributed by atoms with E-state index in [2.05, 4.69) is 9.97 Å². The summed E-state index contributed by atoms with van der Waals surface area (Å²) in [5, 5.41) is 0. The second-order valence-corrected chi connectivity index (χ2v) is 4.00. The van der Waals surface area contributed by atoms with Crippen LogP contribution in [-0.4, -0.2) is 17.1 Å². The average Bonchev–Trinajstić information content (AvgIpc) is 2.40. The highest BCUT2D eigenvalue weighted by Gasteiger charge is 2.11. The maximum absolute atomic E-state index is 6.12. The zero-order valence-corrected chi connectivity index (χ0v) is 10.2. The van der Waals surface area contributed by atoms with Crippen molar-refractivity contribution in [2.24, 2.45) is 5.73 Å². The van der Waals surface area contributed by atoms with Crippen LogP contribution in [0.1, 0.15) is 17.2 Å². The predicted octanol–water partition coefficient (Wildman–Crippen LogP) is 1.31. The van der Waals surface area contributed by atoms with Gasteiger partial charge in [-0.15, -0.1) is 0 Å². The highest BCUT2D eigenvalue weighted by Crippen LogP contribution is 2.20. The first kappa shape index (κ1) is 12.3. The zero-order valence-electron chi connectivity index (χ0n) is 10.2. The van der Waals surface area contributed by atoms with Crippen molar-refractivity contribution < 1.29 is 4.74 Å². The summed E-state index contributed by atoms with van der Waals surface area (Å²) in [6.07, 6.45) is 4.07. The Balaban J connectivity index is 2.11. The molecule has 2 rings (SSSR count). The van der Waals surface area contributed by atoms with Gasteiger partial charge in [0.2, 0.25) is 5.88 Å². The molecule has 0 spiro atoms. The Hall–Kier alpha value is -2.14. The van der Waals surface area contributed by atoms with Crippen molar-refractivity contribution in [2.75, 3.05) is 12.8 Å². The Bertz CT molecular complexity index is 513. The molecule has 0 radical (unpaired) electrons. The first-order chi connectivity index (χ1) is 8.70. The Morgan fingerprint density at radius 1 is 1.28 bits per heavy atom. The lowest BCUT2D eigenvalue weighted by atomic mass is 10.0. The van der Waals surface area contributed by atoms with Crippen LogP contribution < -0.4 is 16.2 Å². The lowest BCUT2D eigenvalue weighted by Gasteiger charge is -2.13. The van der Waals surface area contributed by atoms with Crippen LogP contribution in [0.15, 0.2) is 36.7 Å². The topological polar surface area (TPSA) is 87.0 Å². The van der Waals surface area contributed by atoms with Gasteiger partial charge in [-0.25, -0.2) is 9.97 Å². The van der Waals surface area contributed by atoms with E-state index in [0.717, 1.165) is 11.1 Å². The monoisotopic (exact) mass is 244 g/mol. The van der Waals surface area contributed by atoms with Gasteiger partial charge in [-0.05, 0) is 18.1 Å². The number of anilines is 1. The SMILES string of the molecule is COc1ccc(CC(N)c2cccnc2N)cn1. The van der Waals surface area contributed by atoms with E-state index in [9.17, 15) is 0 Å². The molecule has 18 heavy (non-hydrogen) atoms. The van der Waals surface area contributed by atoms with Gasteiger partial charge in [-0.2, -0.15) is 0 Å².